The Morgan fingerprint density at radius 3 is 2.88 bits per heavy atom. The van der Waals surface area contributed by atoms with Gasteiger partial charge < -0.3 is 10.6 Å². The van der Waals surface area contributed by atoms with Crippen molar-refractivity contribution in [3.8, 4) is 0 Å². The molecule has 1 aliphatic rings. The number of rotatable bonds is 3. The number of aromatic nitrogens is 2. The number of nitrogen functional groups attached to an aromatic ring is 1. The first kappa shape index (κ1) is 11.5. The summed E-state index contributed by atoms with van der Waals surface area (Å²) in [6.07, 6.45) is 4.61. The summed E-state index contributed by atoms with van der Waals surface area (Å²) in [6, 6.07) is 1.85. The molecule has 0 bridgehead atoms. The average Bonchev–Trinajstić information content (AvgIpc) is 2.60. The summed E-state index contributed by atoms with van der Waals surface area (Å²) in [4.78, 5) is 2.53. The molecule has 0 saturated carbocycles. The van der Waals surface area contributed by atoms with Crippen molar-refractivity contribution in [2.75, 3.05) is 25.4 Å². The third-order valence-electron chi connectivity index (χ3n) is 3.29. The molecule has 1 aliphatic heterocycles. The topological polar surface area (TPSA) is 47.1 Å². The summed E-state index contributed by atoms with van der Waals surface area (Å²) >= 11 is 0. The van der Waals surface area contributed by atoms with Crippen LogP contribution in [0.2, 0.25) is 0 Å². The van der Waals surface area contributed by atoms with Crippen molar-refractivity contribution in [2.45, 2.75) is 33.2 Å². The lowest BCUT2D eigenvalue weighted by Gasteiger charge is -2.38. The van der Waals surface area contributed by atoms with E-state index in [2.05, 4.69) is 23.8 Å². The van der Waals surface area contributed by atoms with E-state index in [1.807, 2.05) is 16.9 Å². The van der Waals surface area contributed by atoms with E-state index in [0.717, 1.165) is 13.1 Å². The molecule has 0 amide bonds. The Labute approximate surface area is 97.4 Å². The Hall–Kier alpha value is -1.03. The fourth-order valence-corrected chi connectivity index (χ4v) is 2.48. The smallest absolute Gasteiger partial charge is 0.145 e. The monoisotopic (exact) mass is 222 g/mol. The van der Waals surface area contributed by atoms with Gasteiger partial charge in [0.25, 0.3) is 0 Å². The zero-order valence-corrected chi connectivity index (χ0v) is 10.3. The van der Waals surface area contributed by atoms with Crippen LogP contribution < -0.4 is 5.73 Å². The molecule has 4 heteroatoms. The lowest BCUT2D eigenvalue weighted by Crippen LogP contribution is -2.41. The number of likely N-dealkylation sites (tertiary alicyclic amines) is 1. The number of hydrogen-bond donors (Lipinski definition) is 1. The van der Waals surface area contributed by atoms with Gasteiger partial charge in [0.15, 0.2) is 0 Å². The molecule has 2 N–H and O–H groups in total. The molecule has 0 aromatic carbocycles. The summed E-state index contributed by atoms with van der Waals surface area (Å²) in [7, 11) is 0. The Balaban J connectivity index is 1.82. The molecule has 1 aromatic rings. The number of anilines is 1. The molecule has 16 heavy (non-hydrogen) atoms. The molecule has 90 valence electrons. The van der Waals surface area contributed by atoms with Gasteiger partial charge in [-0.3, -0.25) is 4.68 Å². The predicted molar refractivity (Wildman–Crippen MR) is 66.1 cm³/mol. The van der Waals surface area contributed by atoms with Crippen LogP contribution in [0.4, 0.5) is 5.82 Å². The van der Waals surface area contributed by atoms with Crippen LogP contribution in [-0.2, 0) is 6.54 Å². The number of piperidine rings is 1. The van der Waals surface area contributed by atoms with Gasteiger partial charge in [-0.2, -0.15) is 5.10 Å². The van der Waals surface area contributed by atoms with Crippen LogP contribution in [0.1, 0.15) is 26.7 Å². The molecule has 1 aromatic heterocycles. The van der Waals surface area contributed by atoms with Crippen LogP contribution in [0.15, 0.2) is 12.3 Å². The van der Waals surface area contributed by atoms with E-state index in [1.165, 1.54) is 25.9 Å². The van der Waals surface area contributed by atoms with Gasteiger partial charge in [0.1, 0.15) is 5.82 Å². The minimum absolute atomic E-state index is 0.474. The van der Waals surface area contributed by atoms with Gasteiger partial charge in [0, 0.05) is 19.3 Å². The van der Waals surface area contributed by atoms with E-state index < -0.39 is 0 Å². The minimum Gasteiger partial charge on any atom is -0.382 e. The molecule has 0 atom stereocenters. The van der Waals surface area contributed by atoms with E-state index in [0.29, 0.717) is 11.2 Å². The second kappa shape index (κ2) is 4.45. The fraction of sp³-hybridized carbons (Fsp3) is 0.750. The number of hydrogen-bond acceptors (Lipinski definition) is 3. The molecule has 0 spiro atoms. The predicted octanol–water partition coefficient (Wildman–Crippen LogP) is 1.59. The maximum atomic E-state index is 5.58. The molecule has 4 nitrogen and oxygen atoms in total. The van der Waals surface area contributed by atoms with Crippen LogP contribution in [0, 0.1) is 5.41 Å². The summed E-state index contributed by atoms with van der Waals surface area (Å²) in [5, 5.41) is 4.20. The Kier molecular flexibility index (Phi) is 3.19. The van der Waals surface area contributed by atoms with Crippen LogP contribution >= 0.6 is 0 Å². The molecule has 0 unspecified atom stereocenters. The number of nitrogens with zero attached hydrogens (tertiary/aromatic N) is 3. The molecule has 2 rings (SSSR count). The maximum absolute atomic E-state index is 5.58. The van der Waals surface area contributed by atoms with Crippen molar-refractivity contribution >= 4 is 5.82 Å². The average molecular weight is 222 g/mol. The van der Waals surface area contributed by atoms with Gasteiger partial charge in [-0.1, -0.05) is 13.8 Å². The molecular formula is C12H22N4. The van der Waals surface area contributed by atoms with Crippen LogP contribution in [-0.4, -0.2) is 34.3 Å². The lowest BCUT2D eigenvalue weighted by molar-refractivity contribution is 0.113. The summed E-state index contributed by atoms with van der Waals surface area (Å²) < 4.78 is 1.93. The highest BCUT2D eigenvalue weighted by molar-refractivity contribution is 5.23. The molecule has 0 radical (unpaired) electrons. The van der Waals surface area contributed by atoms with Crippen molar-refractivity contribution in [2.24, 2.45) is 5.41 Å². The van der Waals surface area contributed by atoms with Gasteiger partial charge in [0.2, 0.25) is 0 Å². The Morgan fingerprint density at radius 1 is 1.44 bits per heavy atom. The van der Waals surface area contributed by atoms with Crippen molar-refractivity contribution in [1.82, 2.24) is 14.7 Å². The normalized spacial score (nSPS) is 21.1. The van der Waals surface area contributed by atoms with E-state index in [-0.39, 0.29) is 0 Å². The highest BCUT2D eigenvalue weighted by Crippen LogP contribution is 2.28. The van der Waals surface area contributed by atoms with Crippen LogP contribution in [0.25, 0.3) is 0 Å². The first-order valence-corrected chi connectivity index (χ1v) is 6.06. The molecule has 2 heterocycles. The van der Waals surface area contributed by atoms with Gasteiger partial charge in [-0.05, 0) is 30.9 Å². The van der Waals surface area contributed by atoms with Crippen LogP contribution in [0.3, 0.4) is 0 Å². The third-order valence-corrected chi connectivity index (χ3v) is 3.29. The molecule has 1 saturated heterocycles. The Morgan fingerprint density at radius 2 is 2.25 bits per heavy atom. The second-order valence-corrected chi connectivity index (χ2v) is 5.55. The highest BCUT2D eigenvalue weighted by atomic mass is 15.3. The summed E-state index contributed by atoms with van der Waals surface area (Å²) in [5.74, 6) is 0.610. The van der Waals surface area contributed by atoms with Crippen LogP contribution in [0.5, 0.6) is 0 Å². The minimum atomic E-state index is 0.474. The summed E-state index contributed by atoms with van der Waals surface area (Å²) in [5.41, 5.74) is 6.06. The maximum Gasteiger partial charge on any atom is 0.145 e. The van der Waals surface area contributed by atoms with E-state index in [4.69, 9.17) is 5.73 Å². The SMILES string of the molecule is CC1(C)CCCN(CCn2ccc(N)n2)C1. The third kappa shape index (κ3) is 2.98. The van der Waals surface area contributed by atoms with Gasteiger partial charge in [-0.25, -0.2) is 0 Å². The fourth-order valence-electron chi connectivity index (χ4n) is 2.48. The molecule has 1 fully saturated rings. The zero-order chi connectivity index (χ0) is 11.6. The highest BCUT2D eigenvalue weighted by Gasteiger charge is 2.25. The number of nitrogens with two attached hydrogens (primary N) is 1. The Bertz CT molecular complexity index is 343. The van der Waals surface area contributed by atoms with E-state index in [9.17, 15) is 0 Å². The van der Waals surface area contributed by atoms with Gasteiger partial charge in [-0.15, -0.1) is 0 Å². The summed E-state index contributed by atoms with van der Waals surface area (Å²) in [6.45, 7) is 9.14. The quantitative estimate of drug-likeness (QED) is 0.844. The zero-order valence-electron chi connectivity index (χ0n) is 10.3. The standard InChI is InChI=1S/C12H22N4/c1-12(2)5-3-6-15(10-12)8-9-16-7-4-11(13)14-16/h4,7H,3,5-6,8-10H2,1-2H3,(H2,13,14). The van der Waals surface area contributed by atoms with Gasteiger partial charge >= 0.3 is 0 Å². The van der Waals surface area contributed by atoms with E-state index in [1.54, 1.807) is 0 Å². The van der Waals surface area contributed by atoms with Crippen molar-refractivity contribution < 1.29 is 0 Å². The largest absolute Gasteiger partial charge is 0.382 e. The second-order valence-electron chi connectivity index (χ2n) is 5.55. The van der Waals surface area contributed by atoms with Crippen molar-refractivity contribution in [1.29, 1.82) is 0 Å². The molecular weight excluding hydrogens is 200 g/mol. The van der Waals surface area contributed by atoms with E-state index >= 15 is 0 Å². The van der Waals surface area contributed by atoms with Crippen molar-refractivity contribution in [3.63, 3.8) is 0 Å². The lowest BCUT2D eigenvalue weighted by atomic mass is 9.84. The molecule has 0 aliphatic carbocycles. The first-order valence-electron chi connectivity index (χ1n) is 6.06. The first-order chi connectivity index (χ1) is 7.55. The van der Waals surface area contributed by atoms with Crippen molar-refractivity contribution in [3.05, 3.63) is 12.3 Å². The van der Waals surface area contributed by atoms with Gasteiger partial charge in [0.05, 0.1) is 6.54 Å².